The number of nitrogens with zero attached hydrogens (tertiary/aromatic N) is 2. The van der Waals surface area contributed by atoms with Crippen LogP contribution in [0.3, 0.4) is 0 Å². The van der Waals surface area contributed by atoms with E-state index in [2.05, 4.69) is 10.6 Å². The van der Waals surface area contributed by atoms with E-state index in [9.17, 15) is 50.1 Å². The molecule has 19 nitrogen and oxygen atoms in total. The summed E-state index contributed by atoms with van der Waals surface area (Å²) >= 11 is 0. The molecule has 0 bridgehead atoms. The molecule has 19 heteroatoms. The van der Waals surface area contributed by atoms with E-state index >= 15 is 0 Å². The van der Waals surface area contributed by atoms with Gasteiger partial charge in [0.2, 0.25) is 11.3 Å². The topological polar surface area (TPSA) is 273 Å². The molecule has 3 heterocycles. The summed E-state index contributed by atoms with van der Waals surface area (Å²) in [7, 11) is 7.60. The van der Waals surface area contributed by atoms with Gasteiger partial charge in [-0.25, -0.2) is 9.37 Å². The van der Waals surface area contributed by atoms with Crippen molar-refractivity contribution in [2.24, 2.45) is 0 Å². The van der Waals surface area contributed by atoms with E-state index in [1.807, 2.05) is 74.1 Å². The summed E-state index contributed by atoms with van der Waals surface area (Å²) in [5, 5.41) is 78.9. The third kappa shape index (κ3) is 9.15. The van der Waals surface area contributed by atoms with Gasteiger partial charge >= 0.3 is 5.97 Å². The number of carboxylic acids is 1. The van der Waals surface area contributed by atoms with Gasteiger partial charge in [-0.1, -0.05) is 6.07 Å². The van der Waals surface area contributed by atoms with Crippen LogP contribution >= 0.6 is 0 Å². The molecule has 0 saturated carbocycles. The van der Waals surface area contributed by atoms with Gasteiger partial charge in [0.1, 0.15) is 74.2 Å². The van der Waals surface area contributed by atoms with Crippen LogP contribution in [0.4, 0.5) is 5.69 Å². The van der Waals surface area contributed by atoms with Crippen molar-refractivity contribution < 1.29 is 73.5 Å². The smallest absolute Gasteiger partial charge is 0.336 e. The van der Waals surface area contributed by atoms with E-state index < -0.39 is 92.3 Å². The number of hydrogen-bond donors (Lipinski definition) is 9. The fourth-order valence-electron chi connectivity index (χ4n) is 7.33. The number of aromatic carboxylic acids is 1. The first-order valence-corrected chi connectivity index (χ1v) is 19.2. The second-order valence-corrected chi connectivity index (χ2v) is 15.1. The Kier molecular flexibility index (Phi) is 13.9. The molecule has 4 aliphatic rings. The molecule has 2 aromatic carbocycles. The molecule has 0 radical (unpaired) electrons. The Bertz CT molecular complexity index is 2240. The van der Waals surface area contributed by atoms with Gasteiger partial charge in [-0.15, -0.1) is 0 Å². The molecule has 0 aromatic heterocycles. The van der Waals surface area contributed by atoms with Gasteiger partial charge in [-0.05, 0) is 35.9 Å². The van der Waals surface area contributed by atoms with Crippen LogP contribution in [0.5, 0.6) is 0 Å². The molecule has 1 aliphatic carbocycles. The number of aliphatic hydroxyl groups is 6. The highest BCUT2D eigenvalue weighted by Gasteiger charge is 2.51. The van der Waals surface area contributed by atoms with Gasteiger partial charge in [0.25, 0.3) is 5.91 Å². The van der Waals surface area contributed by atoms with E-state index in [0.717, 1.165) is 11.0 Å². The minimum Gasteiger partial charge on any atom is -0.478 e. The normalized spacial score (nSPS) is 26.8. The summed E-state index contributed by atoms with van der Waals surface area (Å²) in [5.41, 5.74) is 2.96. The Morgan fingerprint density at radius 1 is 0.833 bits per heavy atom. The van der Waals surface area contributed by atoms with E-state index in [4.69, 9.17) is 23.4 Å². The lowest BCUT2D eigenvalue weighted by Gasteiger charge is -2.47. The Morgan fingerprint density at radius 2 is 1.52 bits per heavy atom. The van der Waals surface area contributed by atoms with Crippen molar-refractivity contribution in [3.8, 4) is 22.5 Å². The average Bonchev–Trinajstić information content (AvgIpc) is 3.22. The molecule has 6 rings (SSSR count). The molecule has 2 saturated heterocycles. The molecule has 0 spiro atoms. The molecule has 10 atom stereocenters. The first kappa shape index (κ1) is 44.5. The average molecular weight is 840 g/mol. The zero-order chi connectivity index (χ0) is 43.6. The van der Waals surface area contributed by atoms with Crippen molar-refractivity contribution in [3.63, 3.8) is 0 Å². The van der Waals surface area contributed by atoms with Crippen molar-refractivity contribution in [1.29, 1.82) is 0 Å². The first-order chi connectivity index (χ1) is 28.5. The number of carboxylic acid groups (broad SMARTS) is 1. The molecule has 2 amide bonds. The van der Waals surface area contributed by atoms with Crippen molar-refractivity contribution in [3.05, 3.63) is 71.1 Å². The lowest BCUT2D eigenvalue weighted by molar-refractivity contribution is -0.344. The number of benzene rings is 3. The van der Waals surface area contributed by atoms with Gasteiger partial charge in [0, 0.05) is 67.5 Å². The highest BCUT2D eigenvalue weighted by molar-refractivity contribution is 6.09. The maximum absolute atomic E-state index is 13.5. The van der Waals surface area contributed by atoms with Crippen LogP contribution in [-0.2, 0) is 23.7 Å². The number of aliphatic hydroxyl groups excluding tert-OH is 6. The standard InChI is InChI=1S/C41H50N4O15/c1-19(48)43-32-37(60-41-36(52)35(51)33(49)29(17-46)59-41)34(50)30(18-47)58-40(32)56-13-12-42-38(53)20-6-9-23(26(14-20)39(54)55)31-24-10-7-21(44(2)3)15-27(24)57-28-16-22(45(4)5)8-11-25(28)31/h6-11,14-16,29-30,32-37,40-41,46-47,49-52H,12-13,17-18H2,1-5H3,(H2-,42,43,48,53,54,55)/p+1/t29-,30-,32-,33+,34+,35+,36-,37-,40+,41+/m1/s1. The number of ether oxygens (including phenoxy) is 4. The molecule has 9 N–H and O–H groups in total. The molecule has 0 unspecified atom stereocenters. The van der Waals surface area contributed by atoms with E-state index in [0.29, 0.717) is 33.4 Å². The molecule has 2 fully saturated rings. The van der Waals surface area contributed by atoms with Crippen LogP contribution in [0.1, 0.15) is 27.6 Å². The van der Waals surface area contributed by atoms with Gasteiger partial charge < -0.3 is 74.6 Å². The third-order valence-corrected chi connectivity index (χ3v) is 10.5. The second kappa shape index (κ2) is 18.7. The van der Waals surface area contributed by atoms with Crippen molar-refractivity contribution in [2.45, 2.75) is 68.3 Å². The van der Waals surface area contributed by atoms with Crippen LogP contribution in [0.2, 0.25) is 0 Å². The SMILES string of the molecule is CC(=O)N[C@H]1[C@@H](OCCNC(=O)c2ccc(-c3c4ccc(=[N+](C)C)cc-4oc4cc(N(C)C)ccc34)c(C(=O)O)c2)O[C@H](CO)[C@H](O)[C@@H]1O[C@@H]1O[C@H](CO)[C@H](O)[C@H](O)[C@H]1O. The Labute approximate surface area is 343 Å². The molecule has 60 heavy (non-hydrogen) atoms. The van der Waals surface area contributed by atoms with Crippen LogP contribution < -0.4 is 25.5 Å². The fourth-order valence-corrected chi connectivity index (χ4v) is 7.33. The summed E-state index contributed by atoms with van der Waals surface area (Å²) in [4.78, 5) is 40.5. The molecule has 324 valence electrons. The van der Waals surface area contributed by atoms with Crippen LogP contribution in [0.15, 0.2) is 59.0 Å². The van der Waals surface area contributed by atoms with E-state index in [-0.39, 0.29) is 24.3 Å². The quantitative estimate of drug-likeness (QED) is 0.0422. The van der Waals surface area contributed by atoms with Crippen molar-refractivity contribution in [1.82, 2.24) is 15.2 Å². The molecule has 3 aliphatic heterocycles. The minimum absolute atomic E-state index is 0.0386. The lowest BCUT2D eigenvalue weighted by atomic mass is 9.89. The highest BCUT2D eigenvalue weighted by Crippen LogP contribution is 2.42. The minimum atomic E-state index is -1.84. The zero-order valence-corrected chi connectivity index (χ0v) is 33.6. The summed E-state index contributed by atoms with van der Waals surface area (Å²) in [6.45, 7) is -0.727. The van der Waals surface area contributed by atoms with Gasteiger partial charge in [-0.3, -0.25) is 9.59 Å². The number of anilines is 1. The van der Waals surface area contributed by atoms with E-state index in [1.165, 1.54) is 19.1 Å². The Hall–Kier alpha value is -5.06. The predicted molar refractivity (Wildman–Crippen MR) is 213 cm³/mol. The number of fused-ring (bicyclic) bond motifs is 2. The molecular formula is C41H51N4O15+. The molecule has 2 aromatic rings. The van der Waals surface area contributed by atoms with Gasteiger partial charge in [-0.2, -0.15) is 0 Å². The maximum atomic E-state index is 13.5. The van der Waals surface area contributed by atoms with Crippen molar-refractivity contribution in [2.75, 3.05) is 59.5 Å². The number of nitrogens with one attached hydrogen (secondary N) is 2. The monoisotopic (exact) mass is 839 g/mol. The van der Waals surface area contributed by atoms with Gasteiger partial charge in [0.15, 0.2) is 12.6 Å². The number of hydrogen-bond acceptors (Lipinski definition) is 15. The summed E-state index contributed by atoms with van der Waals surface area (Å²) in [5.74, 6) is -1.97. The van der Waals surface area contributed by atoms with E-state index in [1.54, 1.807) is 6.07 Å². The van der Waals surface area contributed by atoms with Crippen LogP contribution in [-0.4, -0.2) is 169 Å². The number of rotatable bonds is 13. The Balaban J connectivity index is 1.22. The zero-order valence-electron chi connectivity index (χ0n) is 33.6. The summed E-state index contributed by atoms with van der Waals surface area (Å²) < 4.78 is 31.1. The number of carbonyl (C=O) groups excluding carboxylic acids is 2. The number of amides is 2. The molecular weight excluding hydrogens is 788 g/mol. The summed E-state index contributed by atoms with van der Waals surface area (Å²) in [6.07, 6.45) is -14.3. The van der Waals surface area contributed by atoms with Crippen LogP contribution in [0, 0.1) is 0 Å². The Morgan fingerprint density at radius 3 is 2.17 bits per heavy atom. The largest absolute Gasteiger partial charge is 0.478 e. The fraction of sp³-hybridized carbons (Fsp3) is 0.463. The lowest BCUT2D eigenvalue weighted by Crippen LogP contribution is -2.68. The van der Waals surface area contributed by atoms with Gasteiger partial charge in [0.05, 0.1) is 31.5 Å². The highest BCUT2D eigenvalue weighted by atomic mass is 16.7. The third-order valence-electron chi connectivity index (χ3n) is 10.5. The summed E-state index contributed by atoms with van der Waals surface area (Å²) in [6, 6.07) is 14.4. The van der Waals surface area contributed by atoms with Crippen LogP contribution in [0.25, 0.3) is 33.4 Å². The second-order valence-electron chi connectivity index (χ2n) is 15.1. The van der Waals surface area contributed by atoms with Crippen molar-refractivity contribution >= 4 is 34.4 Å². The number of carbonyl (C=O) groups is 3. The first-order valence-electron chi connectivity index (χ1n) is 19.2. The maximum Gasteiger partial charge on any atom is 0.336 e. The predicted octanol–water partition coefficient (Wildman–Crippen LogP) is -1.49.